The molecule has 0 bridgehead atoms. The topological polar surface area (TPSA) is 26.3 Å². The number of hydrogen-bond donors (Lipinski definition) is 0. The standard InChI is InChI=1S/C23H18O2/c1-17-3-11-20(12-4-17)21-13-7-18(8-14-21)5-6-19-9-15-22(16-10-19)23(24)25-2/h3-4,7-16H,1-2H3. The molecule has 3 aromatic carbocycles. The van der Waals surface area contributed by atoms with Crippen LogP contribution in [0.25, 0.3) is 11.1 Å². The van der Waals surface area contributed by atoms with E-state index in [2.05, 4.69) is 59.9 Å². The predicted molar refractivity (Wildman–Crippen MR) is 100 cm³/mol. The number of ether oxygens (including phenoxy) is 1. The molecule has 2 nitrogen and oxygen atoms in total. The highest BCUT2D eigenvalue weighted by molar-refractivity contribution is 5.89. The third-order valence-electron chi connectivity index (χ3n) is 3.93. The molecule has 3 aromatic rings. The second-order valence-electron chi connectivity index (χ2n) is 5.76. The summed E-state index contributed by atoms with van der Waals surface area (Å²) in [4.78, 5) is 11.4. The molecule has 0 aliphatic heterocycles. The van der Waals surface area contributed by atoms with Crippen molar-refractivity contribution < 1.29 is 9.53 Å². The summed E-state index contributed by atoms with van der Waals surface area (Å²) < 4.78 is 4.68. The van der Waals surface area contributed by atoms with Crippen molar-refractivity contribution >= 4 is 5.97 Å². The van der Waals surface area contributed by atoms with Crippen molar-refractivity contribution in [3.05, 3.63) is 95.1 Å². The largest absolute Gasteiger partial charge is 0.465 e. The first-order valence-corrected chi connectivity index (χ1v) is 8.03. The molecule has 0 N–H and O–H groups in total. The first-order valence-electron chi connectivity index (χ1n) is 8.03. The van der Waals surface area contributed by atoms with Crippen molar-refractivity contribution in [3.63, 3.8) is 0 Å². The van der Waals surface area contributed by atoms with Crippen LogP contribution in [0.3, 0.4) is 0 Å². The lowest BCUT2D eigenvalue weighted by molar-refractivity contribution is 0.0600. The maximum atomic E-state index is 11.4. The van der Waals surface area contributed by atoms with E-state index < -0.39 is 0 Å². The quantitative estimate of drug-likeness (QED) is 0.497. The lowest BCUT2D eigenvalue weighted by Gasteiger charge is -2.02. The monoisotopic (exact) mass is 326 g/mol. The van der Waals surface area contributed by atoms with E-state index in [0.29, 0.717) is 5.56 Å². The van der Waals surface area contributed by atoms with E-state index in [1.807, 2.05) is 24.3 Å². The van der Waals surface area contributed by atoms with Gasteiger partial charge in [0.25, 0.3) is 0 Å². The van der Waals surface area contributed by atoms with Crippen molar-refractivity contribution in [1.82, 2.24) is 0 Å². The van der Waals surface area contributed by atoms with Crippen molar-refractivity contribution in [2.45, 2.75) is 6.92 Å². The van der Waals surface area contributed by atoms with Gasteiger partial charge < -0.3 is 4.74 Å². The number of benzene rings is 3. The first kappa shape index (κ1) is 16.5. The summed E-state index contributed by atoms with van der Waals surface area (Å²) in [5, 5.41) is 0. The molecule has 0 amide bonds. The zero-order chi connectivity index (χ0) is 17.6. The number of rotatable bonds is 2. The predicted octanol–water partition coefficient (Wildman–Crippen LogP) is 4.85. The Morgan fingerprint density at radius 1 is 0.720 bits per heavy atom. The van der Waals surface area contributed by atoms with Crippen LogP contribution >= 0.6 is 0 Å². The van der Waals surface area contributed by atoms with Gasteiger partial charge in [0, 0.05) is 11.1 Å². The molecular weight excluding hydrogens is 308 g/mol. The van der Waals surface area contributed by atoms with Crippen molar-refractivity contribution in [2.24, 2.45) is 0 Å². The Morgan fingerprint density at radius 3 is 1.64 bits per heavy atom. The second-order valence-corrected chi connectivity index (χ2v) is 5.76. The molecule has 0 heterocycles. The summed E-state index contributed by atoms with van der Waals surface area (Å²) in [6.45, 7) is 2.08. The Labute approximate surface area is 148 Å². The summed E-state index contributed by atoms with van der Waals surface area (Å²) in [6.07, 6.45) is 0. The number of carbonyl (C=O) groups is 1. The lowest BCUT2D eigenvalue weighted by Crippen LogP contribution is -2.00. The Kier molecular flexibility index (Phi) is 4.97. The third kappa shape index (κ3) is 4.16. The Balaban J connectivity index is 1.75. The summed E-state index contributed by atoms with van der Waals surface area (Å²) >= 11 is 0. The minimum Gasteiger partial charge on any atom is -0.465 e. The molecule has 25 heavy (non-hydrogen) atoms. The molecule has 0 aliphatic rings. The van der Waals surface area contributed by atoms with Gasteiger partial charge in [0.15, 0.2) is 0 Å². The van der Waals surface area contributed by atoms with E-state index >= 15 is 0 Å². The lowest BCUT2D eigenvalue weighted by atomic mass is 10.0. The summed E-state index contributed by atoms with van der Waals surface area (Å²) in [5.74, 6) is 5.91. The molecular formula is C23H18O2. The number of carbonyl (C=O) groups excluding carboxylic acids is 1. The molecule has 0 spiro atoms. The highest BCUT2D eigenvalue weighted by Crippen LogP contribution is 2.20. The van der Waals surface area contributed by atoms with Gasteiger partial charge >= 0.3 is 5.97 Å². The summed E-state index contributed by atoms with van der Waals surface area (Å²) in [7, 11) is 1.37. The Hall–Kier alpha value is -3.31. The fourth-order valence-corrected chi connectivity index (χ4v) is 2.44. The number of esters is 1. The second kappa shape index (κ2) is 7.51. The van der Waals surface area contributed by atoms with Gasteiger partial charge in [0.1, 0.15) is 0 Å². The molecule has 0 unspecified atom stereocenters. The molecule has 0 atom stereocenters. The van der Waals surface area contributed by atoms with Gasteiger partial charge in [-0.15, -0.1) is 0 Å². The van der Waals surface area contributed by atoms with Gasteiger partial charge in [-0.05, 0) is 54.4 Å². The van der Waals surface area contributed by atoms with Gasteiger partial charge in [-0.3, -0.25) is 0 Å². The van der Waals surface area contributed by atoms with Gasteiger partial charge in [0.2, 0.25) is 0 Å². The Bertz CT molecular complexity index is 923. The van der Waals surface area contributed by atoms with Crippen LogP contribution in [0.2, 0.25) is 0 Å². The minimum absolute atomic E-state index is 0.341. The van der Waals surface area contributed by atoms with Crippen LogP contribution in [0.4, 0.5) is 0 Å². The van der Waals surface area contributed by atoms with Gasteiger partial charge in [-0.25, -0.2) is 4.79 Å². The molecule has 0 radical (unpaired) electrons. The molecule has 0 aromatic heterocycles. The van der Waals surface area contributed by atoms with Gasteiger partial charge in [-0.1, -0.05) is 53.8 Å². The highest BCUT2D eigenvalue weighted by Gasteiger charge is 2.03. The van der Waals surface area contributed by atoms with Crippen molar-refractivity contribution in [2.75, 3.05) is 7.11 Å². The van der Waals surface area contributed by atoms with Crippen LogP contribution in [-0.2, 0) is 4.74 Å². The van der Waals surface area contributed by atoms with Crippen LogP contribution in [0.1, 0.15) is 27.0 Å². The molecule has 0 saturated heterocycles. The van der Waals surface area contributed by atoms with Crippen LogP contribution in [0, 0.1) is 18.8 Å². The summed E-state index contributed by atoms with van der Waals surface area (Å²) in [5.41, 5.74) is 5.96. The molecule has 0 saturated carbocycles. The minimum atomic E-state index is -0.341. The van der Waals surface area contributed by atoms with Crippen LogP contribution in [-0.4, -0.2) is 13.1 Å². The number of hydrogen-bond acceptors (Lipinski definition) is 2. The van der Waals surface area contributed by atoms with Crippen molar-refractivity contribution in [3.8, 4) is 23.0 Å². The third-order valence-corrected chi connectivity index (χ3v) is 3.93. The average molecular weight is 326 g/mol. The summed E-state index contributed by atoms with van der Waals surface area (Å²) in [6, 6.07) is 23.7. The smallest absolute Gasteiger partial charge is 0.337 e. The van der Waals surface area contributed by atoms with Gasteiger partial charge in [0.05, 0.1) is 12.7 Å². The van der Waals surface area contributed by atoms with E-state index in [1.165, 1.54) is 23.8 Å². The normalized spacial score (nSPS) is 9.84. The molecule has 122 valence electrons. The van der Waals surface area contributed by atoms with Crippen LogP contribution in [0.15, 0.2) is 72.8 Å². The molecule has 2 heteroatoms. The number of aryl methyl sites for hydroxylation is 1. The van der Waals surface area contributed by atoms with Crippen molar-refractivity contribution in [1.29, 1.82) is 0 Å². The zero-order valence-corrected chi connectivity index (χ0v) is 14.2. The molecule has 3 rings (SSSR count). The van der Waals surface area contributed by atoms with Gasteiger partial charge in [-0.2, -0.15) is 0 Å². The fraction of sp³-hybridized carbons (Fsp3) is 0.0870. The molecule has 0 fully saturated rings. The average Bonchev–Trinajstić information content (AvgIpc) is 2.67. The maximum Gasteiger partial charge on any atom is 0.337 e. The van der Waals surface area contributed by atoms with Crippen LogP contribution < -0.4 is 0 Å². The van der Waals surface area contributed by atoms with E-state index in [4.69, 9.17) is 0 Å². The Morgan fingerprint density at radius 2 is 1.16 bits per heavy atom. The van der Waals surface area contributed by atoms with E-state index in [0.717, 1.165) is 11.1 Å². The van der Waals surface area contributed by atoms with E-state index in [9.17, 15) is 4.79 Å². The number of methoxy groups -OCH3 is 1. The highest BCUT2D eigenvalue weighted by atomic mass is 16.5. The van der Waals surface area contributed by atoms with E-state index in [-0.39, 0.29) is 5.97 Å². The zero-order valence-electron chi connectivity index (χ0n) is 14.2. The first-order chi connectivity index (χ1) is 12.2. The molecule has 0 aliphatic carbocycles. The van der Waals surface area contributed by atoms with Crippen LogP contribution in [0.5, 0.6) is 0 Å². The SMILES string of the molecule is COC(=O)c1ccc(C#Cc2ccc(-c3ccc(C)cc3)cc2)cc1. The maximum absolute atomic E-state index is 11.4. The van der Waals surface area contributed by atoms with E-state index in [1.54, 1.807) is 12.1 Å². The fourth-order valence-electron chi connectivity index (χ4n) is 2.44.